The highest BCUT2D eigenvalue weighted by molar-refractivity contribution is 5.69. The Balaban J connectivity index is 1.82. The second-order valence-corrected chi connectivity index (χ2v) is 9.04. The molecule has 1 aromatic rings. The highest BCUT2D eigenvalue weighted by Gasteiger charge is 2.39. The smallest absolute Gasteiger partial charge is 0.416 e. The number of aliphatic hydroxyl groups excluding tert-OH is 3. The fourth-order valence-corrected chi connectivity index (χ4v) is 4.02. The van der Waals surface area contributed by atoms with Crippen LogP contribution in [0.5, 0.6) is 5.75 Å². The summed E-state index contributed by atoms with van der Waals surface area (Å²) in [5, 5.41) is 30.8. The summed E-state index contributed by atoms with van der Waals surface area (Å²) in [6.07, 6.45) is 2.09. The van der Waals surface area contributed by atoms with Crippen LogP contribution in [-0.2, 0) is 15.7 Å². The van der Waals surface area contributed by atoms with E-state index < -0.39 is 30.1 Å². The first kappa shape index (κ1) is 28.9. The molecule has 0 aromatic heterocycles. The maximum absolute atomic E-state index is 12.8. The Morgan fingerprint density at radius 3 is 2.63 bits per heavy atom. The molecule has 6 nitrogen and oxygen atoms in total. The van der Waals surface area contributed by atoms with Crippen molar-refractivity contribution in [1.29, 1.82) is 0 Å². The Bertz CT molecular complexity index is 852. The molecular weight excluding hydrogens is 465 g/mol. The number of hydrogen-bond acceptors (Lipinski definition) is 6. The monoisotopic (exact) mass is 500 g/mol. The third kappa shape index (κ3) is 10.0. The van der Waals surface area contributed by atoms with E-state index in [0.717, 1.165) is 12.1 Å². The van der Waals surface area contributed by atoms with Crippen molar-refractivity contribution in [3.8, 4) is 5.75 Å². The summed E-state index contributed by atoms with van der Waals surface area (Å²) < 4.78 is 48.8. The van der Waals surface area contributed by atoms with Crippen molar-refractivity contribution in [3.63, 3.8) is 0 Å². The van der Waals surface area contributed by atoms with E-state index in [2.05, 4.69) is 0 Å². The minimum Gasteiger partial charge on any atom is -0.491 e. The quantitative estimate of drug-likeness (QED) is 0.223. The van der Waals surface area contributed by atoms with Gasteiger partial charge in [0.2, 0.25) is 0 Å². The fraction of sp³-hybridized carbons (Fsp3) is 0.577. The van der Waals surface area contributed by atoms with Crippen LogP contribution < -0.4 is 4.74 Å². The first-order chi connectivity index (χ1) is 16.5. The molecule has 196 valence electrons. The van der Waals surface area contributed by atoms with E-state index in [1.807, 2.05) is 12.2 Å². The predicted molar refractivity (Wildman–Crippen MR) is 125 cm³/mol. The van der Waals surface area contributed by atoms with Crippen LogP contribution >= 0.6 is 0 Å². The summed E-state index contributed by atoms with van der Waals surface area (Å²) in [7, 11) is 0. The van der Waals surface area contributed by atoms with Gasteiger partial charge in [0.15, 0.2) is 0 Å². The van der Waals surface area contributed by atoms with E-state index in [1.54, 1.807) is 19.9 Å². The zero-order valence-corrected chi connectivity index (χ0v) is 20.0. The standard InChI is InChI=1S/C26H35F3O6/c1-17(2)35-25(33)11-6-4-3-5-10-21-22(24(32)15-23(21)31)13-12-19(30)16-34-20-9-7-8-18(14-20)26(27,28)29/h3,5,7-9,12-14,17,19,21-24,30-32H,4,6,10-11,15-16H2,1-2H3/b5-3?,13-12+/t19-,21-,22-,23+,24-/m1/s1. The van der Waals surface area contributed by atoms with Crippen molar-refractivity contribution in [2.75, 3.05) is 6.61 Å². The molecule has 5 atom stereocenters. The van der Waals surface area contributed by atoms with Crippen LogP contribution in [0.4, 0.5) is 13.2 Å². The molecule has 0 radical (unpaired) electrons. The molecular formula is C26H35F3O6. The molecule has 0 heterocycles. The maximum atomic E-state index is 12.8. The van der Waals surface area contributed by atoms with Gasteiger partial charge in [0.05, 0.1) is 23.9 Å². The lowest BCUT2D eigenvalue weighted by Gasteiger charge is -2.19. The van der Waals surface area contributed by atoms with Gasteiger partial charge in [-0.05, 0) is 57.2 Å². The SMILES string of the molecule is CC(C)OC(=O)CCCC=CC[C@@H]1[C@@H](/C=C/[C@@H](O)COc2cccc(C(F)(F)F)c2)[C@H](O)C[C@@H]1O. The number of aliphatic hydroxyl groups is 3. The van der Waals surface area contributed by atoms with Crippen molar-refractivity contribution < 1.29 is 42.8 Å². The number of hydrogen-bond donors (Lipinski definition) is 3. The minimum atomic E-state index is -4.49. The topological polar surface area (TPSA) is 96.2 Å². The van der Waals surface area contributed by atoms with E-state index in [1.165, 1.54) is 18.2 Å². The van der Waals surface area contributed by atoms with Crippen LogP contribution in [0.1, 0.15) is 51.5 Å². The number of ether oxygens (including phenoxy) is 2. The maximum Gasteiger partial charge on any atom is 0.416 e. The average Bonchev–Trinajstić information content (AvgIpc) is 3.04. The molecule has 0 spiro atoms. The van der Waals surface area contributed by atoms with E-state index in [9.17, 15) is 33.3 Å². The van der Waals surface area contributed by atoms with Gasteiger partial charge in [-0.2, -0.15) is 13.2 Å². The molecule has 2 rings (SSSR count). The van der Waals surface area contributed by atoms with Crippen molar-refractivity contribution in [3.05, 3.63) is 54.1 Å². The number of esters is 1. The molecule has 0 amide bonds. The molecule has 3 N–H and O–H groups in total. The number of carbonyl (C=O) groups excluding carboxylic acids is 1. The summed E-state index contributed by atoms with van der Waals surface area (Å²) in [6.45, 7) is 3.34. The number of unbranched alkanes of at least 4 members (excludes halogenated alkanes) is 1. The minimum absolute atomic E-state index is 0.0101. The van der Waals surface area contributed by atoms with Gasteiger partial charge >= 0.3 is 12.1 Å². The van der Waals surface area contributed by atoms with E-state index >= 15 is 0 Å². The second-order valence-electron chi connectivity index (χ2n) is 9.04. The van der Waals surface area contributed by atoms with Crippen LogP contribution in [0, 0.1) is 11.8 Å². The van der Waals surface area contributed by atoms with Gasteiger partial charge in [0.25, 0.3) is 0 Å². The summed E-state index contributed by atoms with van der Waals surface area (Å²) in [4.78, 5) is 11.5. The Labute approximate surface area is 204 Å². The first-order valence-electron chi connectivity index (χ1n) is 11.8. The molecule has 0 bridgehead atoms. The molecule has 1 aliphatic carbocycles. The summed E-state index contributed by atoms with van der Waals surface area (Å²) >= 11 is 0. The lowest BCUT2D eigenvalue weighted by atomic mass is 9.89. The van der Waals surface area contributed by atoms with E-state index in [0.29, 0.717) is 25.7 Å². The normalized spacial score (nSPS) is 23.9. The molecule has 1 saturated carbocycles. The largest absolute Gasteiger partial charge is 0.491 e. The zero-order valence-electron chi connectivity index (χ0n) is 20.0. The van der Waals surface area contributed by atoms with Crippen LogP contribution in [-0.4, -0.2) is 52.3 Å². The van der Waals surface area contributed by atoms with Gasteiger partial charge in [0.1, 0.15) is 18.5 Å². The van der Waals surface area contributed by atoms with Gasteiger partial charge < -0.3 is 24.8 Å². The van der Waals surface area contributed by atoms with Gasteiger partial charge in [-0.15, -0.1) is 0 Å². The molecule has 1 fully saturated rings. The molecule has 0 unspecified atom stereocenters. The van der Waals surface area contributed by atoms with E-state index in [-0.39, 0.29) is 42.7 Å². The number of halogens is 3. The number of rotatable bonds is 12. The van der Waals surface area contributed by atoms with Gasteiger partial charge in [0, 0.05) is 18.8 Å². The number of allylic oxidation sites excluding steroid dienone is 2. The predicted octanol–water partition coefficient (Wildman–Crippen LogP) is 4.43. The average molecular weight is 501 g/mol. The molecule has 1 aliphatic rings. The number of benzene rings is 1. The Kier molecular flexibility index (Phi) is 11.3. The van der Waals surface area contributed by atoms with Crippen molar-refractivity contribution in [2.45, 2.75) is 76.5 Å². The zero-order chi connectivity index (χ0) is 26.0. The highest BCUT2D eigenvalue weighted by Crippen LogP contribution is 2.36. The number of carbonyl (C=O) groups is 1. The number of alkyl halides is 3. The summed E-state index contributed by atoms with van der Waals surface area (Å²) in [5.41, 5.74) is -0.838. The van der Waals surface area contributed by atoms with Crippen molar-refractivity contribution in [2.24, 2.45) is 11.8 Å². The summed E-state index contributed by atoms with van der Waals surface area (Å²) in [6, 6.07) is 4.40. The Morgan fingerprint density at radius 1 is 1.20 bits per heavy atom. The lowest BCUT2D eigenvalue weighted by molar-refractivity contribution is -0.147. The highest BCUT2D eigenvalue weighted by atomic mass is 19.4. The third-order valence-corrected chi connectivity index (χ3v) is 5.75. The molecule has 9 heteroatoms. The van der Waals surface area contributed by atoms with Crippen LogP contribution in [0.3, 0.4) is 0 Å². The van der Waals surface area contributed by atoms with Crippen molar-refractivity contribution >= 4 is 5.97 Å². The van der Waals surface area contributed by atoms with Gasteiger partial charge in [-0.1, -0.05) is 30.4 Å². The van der Waals surface area contributed by atoms with Gasteiger partial charge in [-0.25, -0.2) is 0 Å². The lowest BCUT2D eigenvalue weighted by Crippen LogP contribution is -2.21. The third-order valence-electron chi connectivity index (χ3n) is 5.75. The van der Waals surface area contributed by atoms with Gasteiger partial charge in [-0.3, -0.25) is 4.79 Å². The van der Waals surface area contributed by atoms with Crippen LogP contribution in [0.25, 0.3) is 0 Å². The Hall–Kier alpha value is -2.36. The first-order valence-corrected chi connectivity index (χ1v) is 11.8. The molecule has 1 aromatic carbocycles. The summed E-state index contributed by atoms with van der Waals surface area (Å²) in [5.74, 6) is -0.883. The molecule has 35 heavy (non-hydrogen) atoms. The van der Waals surface area contributed by atoms with Crippen LogP contribution in [0.15, 0.2) is 48.6 Å². The molecule has 0 aliphatic heterocycles. The fourth-order valence-electron chi connectivity index (χ4n) is 4.02. The van der Waals surface area contributed by atoms with Crippen LogP contribution in [0.2, 0.25) is 0 Å². The second kappa shape index (κ2) is 13.7. The van der Waals surface area contributed by atoms with Crippen molar-refractivity contribution in [1.82, 2.24) is 0 Å². The molecule has 0 saturated heterocycles. The van der Waals surface area contributed by atoms with E-state index in [4.69, 9.17) is 9.47 Å². The Morgan fingerprint density at radius 2 is 1.94 bits per heavy atom.